The number of aliphatic carboxylic acids is 1. The van der Waals surface area contributed by atoms with Crippen molar-refractivity contribution in [2.75, 3.05) is 0 Å². The molecule has 0 aliphatic heterocycles. The number of ether oxygens (including phenoxy) is 1. The van der Waals surface area contributed by atoms with Crippen LogP contribution in [-0.4, -0.2) is 23.1 Å². The Bertz CT molecular complexity index is 263. The summed E-state index contributed by atoms with van der Waals surface area (Å²) in [6.07, 6.45) is 9.65. The van der Waals surface area contributed by atoms with E-state index >= 15 is 0 Å². The molecule has 0 aromatic rings. The molecule has 0 spiro atoms. The van der Waals surface area contributed by atoms with Crippen molar-refractivity contribution >= 4 is 11.9 Å². The van der Waals surface area contributed by atoms with Crippen LogP contribution in [0.1, 0.15) is 84.5 Å². The maximum atomic E-state index is 11.6. The predicted molar refractivity (Wildman–Crippen MR) is 79.7 cm³/mol. The molecule has 0 aliphatic rings. The third kappa shape index (κ3) is 12.0. The fourth-order valence-corrected chi connectivity index (χ4v) is 2.14. The maximum absolute atomic E-state index is 11.6. The van der Waals surface area contributed by atoms with Crippen molar-refractivity contribution in [1.82, 2.24) is 0 Å². The number of carbonyl (C=O) groups excluding carboxylic acids is 1. The van der Waals surface area contributed by atoms with Gasteiger partial charge in [-0.25, -0.2) is 0 Å². The molecule has 1 N–H and O–H groups in total. The molecule has 118 valence electrons. The van der Waals surface area contributed by atoms with E-state index in [1.807, 2.05) is 0 Å². The summed E-state index contributed by atoms with van der Waals surface area (Å²) >= 11 is 0. The van der Waals surface area contributed by atoms with E-state index in [1.165, 1.54) is 19.3 Å². The van der Waals surface area contributed by atoms with Gasteiger partial charge in [-0.15, -0.1) is 0 Å². The molecular formula is C16H30O4. The molecule has 0 saturated heterocycles. The highest BCUT2D eigenvalue weighted by Gasteiger charge is 2.15. The van der Waals surface area contributed by atoms with Crippen molar-refractivity contribution < 1.29 is 19.4 Å². The van der Waals surface area contributed by atoms with Crippen LogP contribution in [-0.2, 0) is 14.3 Å². The molecule has 1 unspecified atom stereocenters. The van der Waals surface area contributed by atoms with E-state index in [4.69, 9.17) is 9.84 Å². The van der Waals surface area contributed by atoms with Crippen molar-refractivity contribution in [2.45, 2.75) is 90.6 Å². The summed E-state index contributed by atoms with van der Waals surface area (Å²) in [4.78, 5) is 22.0. The Labute approximate surface area is 122 Å². The fourth-order valence-electron chi connectivity index (χ4n) is 2.14. The zero-order valence-corrected chi connectivity index (χ0v) is 13.0. The third-order valence-electron chi connectivity index (χ3n) is 3.35. The molecule has 0 aliphatic carbocycles. The Morgan fingerprint density at radius 3 is 2.00 bits per heavy atom. The summed E-state index contributed by atoms with van der Waals surface area (Å²) in [6.45, 7) is 4.32. The van der Waals surface area contributed by atoms with Gasteiger partial charge in [0.2, 0.25) is 0 Å². The molecule has 0 amide bonds. The SMILES string of the molecule is CCCCCCC(CCCCC)OC(=O)CCC(=O)O. The largest absolute Gasteiger partial charge is 0.481 e. The lowest BCUT2D eigenvalue weighted by molar-refractivity contribution is -0.152. The summed E-state index contributed by atoms with van der Waals surface area (Å²) in [5, 5.41) is 8.56. The monoisotopic (exact) mass is 286 g/mol. The highest BCUT2D eigenvalue weighted by molar-refractivity contribution is 5.76. The van der Waals surface area contributed by atoms with Gasteiger partial charge in [-0.2, -0.15) is 0 Å². The Morgan fingerprint density at radius 2 is 1.45 bits per heavy atom. The molecule has 4 heteroatoms. The minimum Gasteiger partial charge on any atom is -0.481 e. The van der Waals surface area contributed by atoms with Crippen molar-refractivity contribution in [3.8, 4) is 0 Å². The predicted octanol–water partition coefficient (Wildman–Crippen LogP) is 4.31. The van der Waals surface area contributed by atoms with Crippen LogP contribution in [0.2, 0.25) is 0 Å². The second-order valence-corrected chi connectivity index (χ2v) is 5.35. The quantitative estimate of drug-likeness (QED) is 0.404. The number of esters is 1. The normalized spacial score (nSPS) is 12.1. The molecule has 0 aromatic carbocycles. The number of rotatable bonds is 13. The van der Waals surface area contributed by atoms with E-state index < -0.39 is 5.97 Å². The van der Waals surface area contributed by atoms with E-state index in [0.717, 1.165) is 38.5 Å². The summed E-state index contributed by atoms with van der Waals surface area (Å²) in [5.41, 5.74) is 0. The molecule has 0 bridgehead atoms. The fraction of sp³-hybridized carbons (Fsp3) is 0.875. The summed E-state index contributed by atoms with van der Waals surface area (Å²) in [6, 6.07) is 0. The highest BCUT2D eigenvalue weighted by Crippen LogP contribution is 2.16. The summed E-state index contributed by atoms with van der Waals surface area (Å²) in [5.74, 6) is -1.32. The topological polar surface area (TPSA) is 63.6 Å². The molecule has 4 nitrogen and oxygen atoms in total. The first-order valence-electron chi connectivity index (χ1n) is 8.01. The van der Waals surface area contributed by atoms with Crippen LogP contribution in [0.4, 0.5) is 0 Å². The number of carbonyl (C=O) groups is 2. The summed E-state index contributed by atoms with van der Waals surface area (Å²) in [7, 11) is 0. The first-order valence-corrected chi connectivity index (χ1v) is 8.01. The lowest BCUT2D eigenvalue weighted by Gasteiger charge is -2.17. The average molecular weight is 286 g/mol. The van der Waals surface area contributed by atoms with Gasteiger partial charge in [0.05, 0.1) is 12.8 Å². The van der Waals surface area contributed by atoms with Gasteiger partial charge in [-0.1, -0.05) is 46.0 Å². The number of carboxylic acids is 1. The van der Waals surface area contributed by atoms with Gasteiger partial charge < -0.3 is 9.84 Å². The first-order chi connectivity index (χ1) is 9.60. The van der Waals surface area contributed by atoms with Gasteiger partial charge in [0.15, 0.2) is 0 Å². The minimum atomic E-state index is -0.951. The van der Waals surface area contributed by atoms with Gasteiger partial charge >= 0.3 is 11.9 Å². The van der Waals surface area contributed by atoms with E-state index in [0.29, 0.717) is 0 Å². The van der Waals surface area contributed by atoms with E-state index in [2.05, 4.69) is 13.8 Å². The number of hydrogen-bond acceptors (Lipinski definition) is 3. The minimum absolute atomic E-state index is 0.0193. The van der Waals surface area contributed by atoms with Crippen LogP contribution >= 0.6 is 0 Å². The van der Waals surface area contributed by atoms with Crippen LogP contribution in [0.5, 0.6) is 0 Å². The molecule has 0 radical (unpaired) electrons. The van der Waals surface area contributed by atoms with Crippen LogP contribution in [0, 0.1) is 0 Å². The smallest absolute Gasteiger partial charge is 0.306 e. The van der Waals surface area contributed by atoms with E-state index in [1.54, 1.807) is 0 Å². The Kier molecular flexibility index (Phi) is 12.3. The van der Waals surface area contributed by atoms with Crippen LogP contribution in [0.25, 0.3) is 0 Å². The zero-order valence-electron chi connectivity index (χ0n) is 13.0. The zero-order chi connectivity index (χ0) is 15.2. The number of hydrogen-bond donors (Lipinski definition) is 1. The molecule has 1 atom stereocenters. The molecular weight excluding hydrogens is 256 g/mol. The van der Waals surface area contributed by atoms with Gasteiger partial charge in [0, 0.05) is 0 Å². The highest BCUT2D eigenvalue weighted by atomic mass is 16.5. The van der Waals surface area contributed by atoms with Crippen LogP contribution in [0.3, 0.4) is 0 Å². The lowest BCUT2D eigenvalue weighted by Crippen LogP contribution is -2.19. The standard InChI is InChI=1S/C16H30O4/c1-3-5-7-9-11-14(10-8-6-4-2)20-16(19)13-12-15(17)18/h14H,3-13H2,1-2H3,(H,17,18). The van der Waals surface area contributed by atoms with Crippen molar-refractivity contribution in [2.24, 2.45) is 0 Å². The van der Waals surface area contributed by atoms with Crippen LogP contribution < -0.4 is 0 Å². The molecule has 0 rings (SSSR count). The van der Waals surface area contributed by atoms with Gasteiger partial charge in [0.25, 0.3) is 0 Å². The molecule has 20 heavy (non-hydrogen) atoms. The van der Waals surface area contributed by atoms with Crippen molar-refractivity contribution in [3.63, 3.8) is 0 Å². The number of carboxylic acid groups (broad SMARTS) is 1. The van der Waals surface area contributed by atoms with Crippen LogP contribution in [0.15, 0.2) is 0 Å². The van der Waals surface area contributed by atoms with E-state index in [9.17, 15) is 9.59 Å². The maximum Gasteiger partial charge on any atom is 0.306 e. The first kappa shape index (κ1) is 18.9. The average Bonchev–Trinajstić information content (AvgIpc) is 2.41. The van der Waals surface area contributed by atoms with Gasteiger partial charge in [0.1, 0.15) is 6.10 Å². The third-order valence-corrected chi connectivity index (χ3v) is 3.35. The van der Waals surface area contributed by atoms with Crippen molar-refractivity contribution in [3.05, 3.63) is 0 Å². The summed E-state index contributed by atoms with van der Waals surface area (Å²) < 4.78 is 5.43. The number of unbranched alkanes of at least 4 members (excludes halogenated alkanes) is 5. The molecule has 0 heterocycles. The molecule has 0 saturated carbocycles. The second-order valence-electron chi connectivity index (χ2n) is 5.35. The Balaban J connectivity index is 4.00. The molecule has 0 aromatic heterocycles. The second kappa shape index (κ2) is 12.9. The molecule has 0 fully saturated rings. The van der Waals surface area contributed by atoms with Gasteiger partial charge in [-0.05, 0) is 25.7 Å². The Morgan fingerprint density at radius 1 is 0.900 bits per heavy atom. The van der Waals surface area contributed by atoms with E-state index in [-0.39, 0.29) is 24.9 Å². The van der Waals surface area contributed by atoms with Gasteiger partial charge in [-0.3, -0.25) is 9.59 Å². The lowest BCUT2D eigenvalue weighted by atomic mass is 10.0. The van der Waals surface area contributed by atoms with Crippen molar-refractivity contribution in [1.29, 1.82) is 0 Å². The Hall–Kier alpha value is -1.06.